The van der Waals surface area contributed by atoms with Crippen LogP contribution in [0.3, 0.4) is 0 Å². The van der Waals surface area contributed by atoms with Crippen molar-refractivity contribution in [3.8, 4) is 5.75 Å². The fraction of sp³-hybridized carbons (Fsp3) is 0.389. The summed E-state index contributed by atoms with van der Waals surface area (Å²) in [5.41, 5.74) is 1.84. The van der Waals surface area contributed by atoms with Gasteiger partial charge in [0, 0.05) is 18.9 Å². The normalized spacial score (nSPS) is 19.2. The maximum atomic E-state index is 13.0. The molecule has 2 aromatic rings. The Hall–Kier alpha value is -1.92. The predicted molar refractivity (Wildman–Crippen MR) is 92.6 cm³/mol. The van der Waals surface area contributed by atoms with Crippen LogP contribution in [0.5, 0.6) is 5.75 Å². The van der Waals surface area contributed by atoms with Crippen LogP contribution in [0.2, 0.25) is 0 Å². The number of pyridine rings is 1. The molecule has 0 spiro atoms. The lowest BCUT2D eigenvalue weighted by Gasteiger charge is -2.32. The quantitative estimate of drug-likeness (QED) is 0.854. The number of ether oxygens (including phenoxy) is 1. The van der Waals surface area contributed by atoms with E-state index in [1.165, 1.54) is 0 Å². The molecule has 2 heterocycles. The average molecular weight is 346 g/mol. The second-order valence-electron chi connectivity index (χ2n) is 6.20. The van der Waals surface area contributed by atoms with Gasteiger partial charge >= 0.3 is 0 Å². The highest BCUT2D eigenvalue weighted by Crippen LogP contribution is 2.25. The second-order valence-corrected chi connectivity index (χ2v) is 8.10. The molecular formula is C18H22N2O3S. The maximum Gasteiger partial charge on any atom is 0.243 e. The average Bonchev–Trinajstić information content (AvgIpc) is 2.56. The molecule has 1 fully saturated rings. The molecule has 0 amide bonds. The predicted octanol–water partition coefficient (Wildman–Crippen LogP) is 2.93. The van der Waals surface area contributed by atoms with Crippen LogP contribution in [0.4, 0.5) is 0 Å². The Balaban J connectivity index is 1.78. The van der Waals surface area contributed by atoms with Crippen LogP contribution in [0.15, 0.2) is 47.6 Å². The fourth-order valence-electron chi connectivity index (χ4n) is 3.06. The zero-order chi connectivity index (χ0) is 17.2. The van der Waals surface area contributed by atoms with Crippen molar-refractivity contribution < 1.29 is 13.2 Å². The van der Waals surface area contributed by atoms with Gasteiger partial charge in [0.2, 0.25) is 10.0 Å². The first-order chi connectivity index (χ1) is 11.5. The lowest BCUT2D eigenvalue weighted by Crippen LogP contribution is -2.44. The molecule has 6 heteroatoms. The van der Waals surface area contributed by atoms with Crippen LogP contribution in [-0.4, -0.2) is 36.9 Å². The van der Waals surface area contributed by atoms with E-state index in [0.717, 1.165) is 29.7 Å². The monoisotopic (exact) mass is 346 g/mol. The first-order valence-corrected chi connectivity index (χ1v) is 9.55. The number of piperidine rings is 1. The number of sulfonamides is 1. The van der Waals surface area contributed by atoms with Gasteiger partial charge in [-0.25, -0.2) is 8.42 Å². The molecule has 1 unspecified atom stereocenters. The maximum absolute atomic E-state index is 13.0. The van der Waals surface area contributed by atoms with Crippen molar-refractivity contribution in [2.75, 3.05) is 13.1 Å². The topological polar surface area (TPSA) is 59.5 Å². The molecule has 0 aliphatic carbocycles. The zero-order valence-corrected chi connectivity index (χ0v) is 14.8. The molecule has 5 nitrogen and oxygen atoms in total. The molecule has 1 aromatic heterocycles. The Bertz CT molecular complexity index is 806. The van der Waals surface area contributed by atoms with Gasteiger partial charge in [0.05, 0.1) is 11.4 Å². The van der Waals surface area contributed by atoms with Gasteiger partial charge in [-0.05, 0) is 50.5 Å². The zero-order valence-electron chi connectivity index (χ0n) is 14.0. The minimum Gasteiger partial charge on any atom is -0.489 e. The molecule has 1 aromatic carbocycles. The lowest BCUT2D eigenvalue weighted by atomic mass is 10.1. The van der Waals surface area contributed by atoms with E-state index in [9.17, 15) is 8.42 Å². The Morgan fingerprint density at radius 2 is 1.92 bits per heavy atom. The van der Waals surface area contributed by atoms with E-state index < -0.39 is 10.0 Å². The van der Waals surface area contributed by atoms with E-state index >= 15 is 0 Å². The number of hydrogen-bond donors (Lipinski definition) is 0. The van der Waals surface area contributed by atoms with Crippen LogP contribution in [0.1, 0.15) is 24.0 Å². The Labute approximate surface area is 143 Å². The van der Waals surface area contributed by atoms with Gasteiger partial charge < -0.3 is 4.74 Å². The first kappa shape index (κ1) is 16.9. The summed E-state index contributed by atoms with van der Waals surface area (Å²) >= 11 is 0. The molecule has 24 heavy (non-hydrogen) atoms. The van der Waals surface area contributed by atoms with Crippen LogP contribution >= 0.6 is 0 Å². The molecule has 128 valence electrons. The van der Waals surface area contributed by atoms with E-state index in [-0.39, 0.29) is 6.10 Å². The van der Waals surface area contributed by atoms with Gasteiger partial charge in [0.25, 0.3) is 0 Å². The van der Waals surface area contributed by atoms with Crippen molar-refractivity contribution in [1.29, 1.82) is 0 Å². The number of benzene rings is 1. The largest absolute Gasteiger partial charge is 0.489 e. The molecule has 1 saturated heterocycles. The first-order valence-electron chi connectivity index (χ1n) is 8.11. The summed E-state index contributed by atoms with van der Waals surface area (Å²) in [6.45, 7) is 4.71. The van der Waals surface area contributed by atoms with Crippen LogP contribution in [0, 0.1) is 13.8 Å². The van der Waals surface area contributed by atoms with Crippen molar-refractivity contribution in [1.82, 2.24) is 9.29 Å². The lowest BCUT2D eigenvalue weighted by molar-refractivity contribution is 0.129. The van der Waals surface area contributed by atoms with Gasteiger partial charge in [0.1, 0.15) is 11.9 Å². The third kappa shape index (κ3) is 3.60. The van der Waals surface area contributed by atoms with E-state index in [4.69, 9.17) is 4.74 Å². The van der Waals surface area contributed by atoms with Crippen LogP contribution < -0.4 is 4.74 Å². The minimum absolute atomic E-state index is 0.137. The van der Waals surface area contributed by atoms with E-state index in [1.54, 1.807) is 34.9 Å². The van der Waals surface area contributed by atoms with E-state index in [0.29, 0.717) is 18.0 Å². The summed E-state index contributed by atoms with van der Waals surface area (Å²) < 4.78 is 33.4. The molecular weight excluding hydrogens is 324 g/mol. The molecule has 3 rings (SSSR count). The Morgan fingerprint density at radius 3 is 2.62 bits per heavy atom. The highest BCUT2D eigenvalue weighted by molar-refractivity contribution is 7.89. The Morgan fingerprint density at radius 1 is 1.17 bits per heavy atom. The molecule has 0 saturated carbocycles. The van der Waals surface area contributed by atoms with E-state index in [2.05, 4.69) is 4.98 Å². The summed E-state index contributed by atoms with van der Waals surface area (Å²) in [5, 5.41) is 0. The molecule has 1 atom stereocenters. The van der Waals surface area contributed by atoms with Crippen LogP contribution in [-0.2, 0) is 10.0 Å². The smallest absolute Gasteiger partial charge is 0.243 e. The SMILES string of the molecule is Cc1ccc(S(=O)(=O)N2CCCC(Oc3ccncc3)C2)c(C)c1. The number of rotatable bonds is 4. The standard InChI is InChI=1S/C18H22N2O3S/c1-14-5-6-18(15(2)12-14)24(21,22)20-11-3-4-17(13-20)23-16-7-9-19-10-8-16/h5-10,12,17H,3-4,11,13H2,1-2H3. The van der Waals surface area contributed by atoms with Crippen molar-refractivity contribution in [3.05, 3.63) is 53.9 Å². The summed E-state index contributed by atoms with van der Waals surface area (Å²) in [4.78, 5) is 4.35. The number of aromatic nitrogens is 1. The Kier molecular flexibility index (Phi) is 4.87. The van der Waals surface area contributed by atoms with Crippen molar-refractivity contribution in [2.24, 2.45) is 0 Å². The third-order valence-electron chi connectivity index (χ3n) is 4.24. The highest BCUT2D eigenvalue weighted by Gasteiger charge is 2.32. The summed E-state index contributed by atoms with van der Waals surface area (Å²) in [6, 6.07) is 9.03. The molecule has 0 bridgehead atoms. The van der Waals surface area contributed by atoms with Gasteiger partial charge in [-0.3, -0.25) is 4.98 Å². The third-order valence-corrected chi connectivity index (χ3v) is 6.27. The van der Waals surface area contributed by atoms with Crippen molar-refractivity contribution in [2.45, 2.75) is 37.7 Å². The van der Waals surface area contributed by atoms with Gasteiger partial charge in [0.15, 0.2) is 0 Å². The van der Waals surface area contributed by atoms with Gasteiger partial charge in [-0.15, -0.1) is 0 Å². The molecule has 1 aliphatic rings. The fourth-order valence-corrected chi connectivity index (χ4v) is 4.77. The number of hydrogen-bond acceptors (Lipinski definition) is 4. The van der Waals surface area contributed by atoms with Gasteiger partial charge in [-0.1, -0.05) is 17.7 Å². The summed E-state index contributed by atoms with van der Waals surface area (Å²) in [7, 11) is -3.49. The second kappa shape index (κ2) is 6.91. The molecule has 1 aliphatic heterocycles. The minimum atomic E-state index is -3.49. The molecule has 0 radical (unpaired) electrons. The molecule has 0 N–H and O–H groups in total. The number of aryl methyl sites for hydroxylation is 2. The summed E-state index contributed by atoms with van der Waals surface area (Å²) in [6.07, 6.45) is 4.84. The van der Waals surface area contributed by atoms with Gasteiger partial charge in [-0.2, -0.15) is 4.31 Å². The van der Waals surface area contributed by atoms with Crippen molar-refractivity contribution in [3.63, 3.8) is 0 Å². The number of nitrogens with zero attached hydrogens (tertiary/aromatic N) is 2. The van der Waals surface area contributed by atoms with Crippen molar-refractivity contribution >= 4 is 10.0 Å². The van der Waals surface area contributed by atoms with Crippen LogP contribution in [0.25, 0.3) is 0 Å². The summed E-state index contributed by atoms with van der Waals surface area (Å²) in [5.74, 6) is 0.723. The highest BCUT2D eigenvalue weighted by atomic mass is 32.2. The van der Waals surface area contributed by atoms with E-state index in [1.807, 2.05) is 26.0 Å².